The van der Waals surface area contributed by atoms with Gasteiger partial charge in [0.25, 0.3) is 0 Å². The van der Waals surface area contributed by atoms with Crippen LogP contribution in [0.3, 0.4) is 0 Å². The standard InChI is InChI=1S/C58H109NO13/c1-3-5-7-9-11-13-15-17-19-20-21-22-23-24-25-26-27-28-30-32-34-36-38-40-42-50(63)59-46(47(62)41-39-37-35-33-31-29-18-16-14-12-10-8-6-4-2)45-69-57-55(68)53(66)56(49(44-61)71-57)72-58-54(67)52(65)51(64)48(43-60)70-58/h31,33,39,41,46-49,51-58,60-62,64-68H,3-30,32,34-38,40,42-45H2,1-2H3,(H,59,63)/b33-31+,41-39+. The number of aliphatic hydroxyl groups excluding tert-OH is 8. The van der Waals surface area contributed by atoms with E-state index in [-0.39, 0.29) is 18.9 Å². The molecule has 2 rings (SSSR count). The fourth-order valence-corrected chi connectivity index (χ4v) is 9.84. The van der Waals surface area contributed by atoms with Crippen LogP contribution < -0.4 is 5.32 Å². The SMILES string of the molecule is CCCCCCCCCC/C=C/CC/C=C/C(O)C(COC1OC(CO)C(OC2OC(CO)C(O)C(O)C2O)C(O)C1O)NC(=O)CCCCCCCCCCCCCCCCCCCCCCCCCC. The average Bonchev–Trinajstić information content (AvgIpc) is 3.38. The molecule has 1 amide bonds. The van der Waals surface area contributed by atoms with Crippen molar-refractivity contribution in [2.75, 3.05) is 19.8 Å². The van der Waals surface area contributed by atoms with E-state index in [1.165, 1.54) is 180 Å². The Kier molecular flexibility index (Phi) is 41.2. The summed E-state index contributed by atoms with van der Waals surface area (Å²) >= 11 is 0. The predicted octanol–water partition coefficient (Wildman–Crippen LogP) is 9.67. The molecule has 2 aliphatic rings. The van der Waals surface area contributed by atoms with Crippen molar-refractivity contribution in [1.29, 1.82) is 0 Å². The molecule has 0 aromatic rings. The number of nitrogens with one attached hydrogen (secondary N) is 1. The third-order valence-electron chi connectivity index (χ3n) is 14.6. The van der Waals surface area contributed by atoms with Crippen molar-refractivity contribution in [2.24, 2.45) is 0 Å². The summed E-state index contributed by atoms with van der Waals surface area (Å²) in [4.78, 5) is 13.2. The van der Waals surface area contributed by atoms with Crippen molar-refractivity contribution in [1.82, 2.24) is 5.32 Å². The van der Waals surface area contributed by atoms with Gasteiger partial charge in [-0.15, -0.1) is 0 Å². The van der Waals surface area contributed by atoms with Gasteiger partial charge in [-0.05, 0) is 32.1 Å². The Labute approximate surface area is 437 Å². The molecule has 0 aromatic heterocycles. The van der Waals surface area contributed by atoms with E-state index in [1.54, 1.807) is 6.08 Å². The van der Waals surface area contributed by atoms with Gasteiger partial charge in [-0.3, -0.25) is 4.79 Å². The number of hydrogen-bond donors (Lipinski definition) is 9. The topological polar surface area (TPSA) is 228 Å². The van der Waals surface area contributed by atoms with Crippen LogP contribution in [0.4, 0.5) is 0 Å². The van der Waals surface area contributed by atoms with Crippen molar-refractivity contribution in [3.05, 3.63) is 24.3 Å². The molecule has 2 aliphatic heterocycles. The summed E-state index contributed by atoms with van der Waals surface area (Å²) in [6, 6.07) is -0.927. The molecule has 2 saturated heterocycles. The Morgan fingerprint density at radius 3 is 1.36 bits per heavy atom. The summed E-state index contributed by atoms with van der Waals surface area (Å²) in [6.45, 7) is 2.79. The highest BCUT2D eigenvalue weighted by atomic mass is 16.7. The maximum atomic E-state index is 13.2. The smallest absolute Gasteiger partial charge is 0.220 e. The van der Waals surface area contributed by atoms with Crippen LogP contribution in [-0.2, 0) is 23.7 Å². The molecule has 0 aliphatic carbocycles. The maximum Gasteiger partial charge on any atom is 0.220 e. The van der Waals surface area contributed by atoms with Crippen molar-refractivity contribution < 1.29 is 64.6 Å². The third kappa shape index (κ3) is 30.3. The second-order valence-electron chi connectivity index (χ2n) is 21.1. The number of carbonyl (C=O) groups is 1. The lowest BCUT2D eigenvalue weighted by Gasteiger charge is -2.46. The summed E-state index contributed by atoms with van der Waals surface area (Å²) in [6.07, 6.45) is 35.1. The predicted molar refractivity (Wildman–Crippen MR) is 286 cm³/mol. The van der Waals surface area contributed by atoms with Gasteiger partial charge >= 0.3 is 0 Å². The molecule has 0 radical (unpaired) electrons. The van der Waals surface area contributed by atoms with Crippen LogP contribution >= 0.6 is 0 Å². The van der Waals surface area contributed by atoms with Crippen LogP contribution in [0, 0.1) is 0 Å². The quantitative estimate of drug-likeness (QED) is 0.0205. The molecule has 9 N–H and O–H groups in total. The third-order valence-corrected chi connectivity index (χ3v) is 14.6. The first-order valence-corrected chi connectivity index (χ1v) is 29.6. The summed E-state index contributed by atoms with van der Waals surface area (Å²) in [7, 11) is 0. The number of carbonyl (C=O) groups excluding carboxylic acids is 1. The minimum Gasteiger partial charge on any atom is -0.394 e. The summed E-state index contributed by atoms with van der Waals surface area (Å²) in [5.74, 6) is -0.245. The van der Waals surface area contributed by atoms with E-state index >= 15 is 0 Å². The van der Waals surface area contributed by atoms with E-state index in [9.17, 15) is 45.6 Å². The van der Waals surface area contributed by atoms with Crippen molar-refractivity contribution >= 4 is 5.91 Å². The number of unbranched alkanes of at least 4 members (excludes halogenated alkanes) is 32. The zero-order valence-corrected chi connectivity index (χ0v) is 45.4. The molecule has 0 saturated carbocycles. The first-order chi connectivity index (χ1) is 35.1. The number of amides is 1. The minimum absolute atomic E-state index is 0.245. The highest BCUT2D eigenvalue weighted by Crippen LogP contribution is 2.30. The second-order valence-corrected chi connectivity index (χ2v) is 21.1. The van der Waals surface area contributed by atoms with Gasteiger partial charge in [-0.2, -0.15) is 0 Å². The van der Waals surface area contributed by atoms with Crippen LogP contribution in [0.5, 0.6) is 0 Å². The number of allylic oxidation sites excluding steroid dienone is 3. The maximum absolute atomic E-state index is 13.2. The first kappa shape index (κ1) is 66.6. The Morgan fingerprint density at radius 2 is 0.889 bits per heavy atom. The Bertz CT molecular complexity index is 1300. The van der Waals surface area contributed by atoms with Crippen LogP contribution in [-0.4, -0.2) is 140 Å². The van der Waals surface area contributed by atoms with Gasteiger partial charge in [0.15, 0.2) is 12.6 Å². The first-order valence-electron chi connectivity index (χ1n) is 29.6. The van der Waals surface area contributed by atoms with E-state index in [4.69, 9.17) is 18.9 Å². The lowest BCUT2D eigenvalue weighted by Crippen LogP contribution is -2.65. The molecule has 0 aromatic carbocycles. The van der Waals surface area contributed by atoms with Crippen LogP contribution in [0.25, 0.3) is 0 Å². The van der Waals surface area contributed by atoms with Gasteiger partial charge in [0, 0.05) is 6.42 Å². The number of ether oxygens (including phenoxy) is 4. The van der Waals surface area contributed by atoms with Gasteiger partial charge in [0.05, 0.1) is 32.0 Å². The van der Waals surface area contributed by atoms with E-state index in [0.717, 1.165) is 32.1 Å². The molecule has 14 heteroatoms. The van der Waals surface area contributed by atoms with E-state index in [2.05, 4.69) is 31.3 Å². The molecule has 2 fully saturated rings. The second kappa shape index (κ2) is 44.6. The largest absolute Gasteiger partial charge is 0.394 e. The lowest BCUT2D eigenvalue weighted by molar-refractivity contribution is -0.359. The lowest BCUT2D eigenvalue weighted by atomic mass is 9.97. The zero-order valence-electron chi connectivity index (χ0n) is 45.4. The fourth-order valence-electron chi connectivity index (χ4n) is 9.84. The molecular weight excluding hydrogens is 919 g/mol. The van der Waals surface area contributed by atoms with Crippen LogP contribution in [0.2, 0.25) is 0 Å². The molecule has 424 valence electrons. The molecule has 0 bridgehead atoms. The number of hydrogen-bond acceptors (Lipinski definition) is 13. The fraction of sp³-hybridized carbons (Fsp3) is 0.914. The highest BCUT2D eigenvalue weighted by Gasteiger charge is 2.51. The van der Waals surface area contributed by atoms with Gasteiger partial charge in [-0.25, -0.2) is 0 Å². The van der Waals surface area contributed by atoms with Gasteiger partial charge < -0.3 is 65.1 Å². The molecule has 12 unspecified atom stereocenters. The Hall–Kier alpha value is -1.53. The molecule has 0 spiro atoms. The average molecular weight is 1030 g/mol. The monoisotopic (exact) mass is 1030 g/mol. The van der Waals surface area contributed by atoms with E-state index in [1.807, 2.05) is 6.08 Å². The molecule has 12 atom stereocenters. The number of aliphatic hydroxyl groups is 8. The Morgan fingerprint density at radius 1 is 0.486 bits per heavy atom. The van der Waals surface area contributed by atoms with Gasteiger partial charge in [-0.1, -0.05) is 231 Å². The van der Waals surface area contributed by atoms with E-state index in [0.29, 0.717) is 12.8 Å². The summed E-state index contributed by atoms with van der Waals surface area (Å²) in [5, 5.41) is 86.9. The Balaban J connectivity index is 1.74. The van der Waals surface area contributed by atoms with E-state index < -0.39 is 86.8 Å². The van der Waals surface area contributed by atoms with Crippen molar-refractivity contribution in [3.8, 4) is 0 Å². The molecule has 2 heterocycles. The number of rotatable bonds is 47. The molecular formula is C58H109NO13. The van der Waals surface area contributed by atoms with Crippen LogP contribution in [0.15, 0.2) is 24.3 Å². The normalized spacial score (nSPS) is 25.7. The van der Waals surface area contributed by atoms with Gasteiger partial charge in [0.1, 0.15) is 48.8 Å². The van der Waals surface area contributed by atoms with Gasteiger partial charge in [0.2, 0.25) is 5.91 Å². The van der Waals surface area contributed by atoms with Crippen molar-refractivity contribution in [2.45, 2.75) is 319 Å². The summed E-state index contributed by atoms with van der Waals surface area (Å²) < 4.78 is 22.7. The zero-order chi connectivity index (χ0) is 52.4. The molecule has 72 heavy (non-hydrogen) atoms. The summed E-state index contributed by atoms with van der Waals surface area (Å²) in [5.41, 5.74) is 0. The minimum atomic E-state index is -1.79. The molecule has 14 nitrogen and oxygen atoms in total. The highest BCUT2D eigenvalue weighted by molar-refractivity contribution is 5.76. The van der Waals surface area contributed by atoms with Crippen molar-refractivity contribution in [3.63, 3.8) is 0 Å². The van der Waals surface area contributed by atoms with Crippen LogP contribution in [0.1, 0.15) is 245 Å².